The lowest BCUT2D eigenvalue weighted by molar-refractivity contribution is 0.249. The first-order valence-electron chi connectivity index (χ1n) is 6.44. The Morgan fingerprint density at radius 1 is 1.20 bits per heavy atom. The van der Waals surface area contributed by atoms with Crippen LogP contribution in [-0.4, -0.2) is 30.6 Å². The van der Waals surface area contributed by atoms with E-state index < -0.39 is 0 Å². The Morgan fingerprint density at radius 3 is 2.53 bits per heavy atom. The zero-order valence-corrected chi connectivity index (χ0v) is 10.5. The molecular weight excluding hydrogens is 184 g/mol. The summed E-state index contributed by atoms with van der Waals surface area (Å²) < 4.78 is 0. The molecular formula is C13H26N2. The molecule has 0 amide bonds. The second kappa shape index (κ2) is 4.06. The Morgan fingerprint density at radius 2 is 1.93 bits per heavy atom. The third kappa shape index (κ3) is 2.73. The highest BCUT2D eigenvalue weighted by Gasteiger charge is 2.40. The molecule has 2 heteroatoms. The second-order valence-corrected chi connectivity index (χ2v) is 6.74. The predicted octanol–water partition coefficient (Wildman–Crippen LogP) is 2.09. The summed E-state index contributed by atoms with van der Waals surface area (Å²) >= 11 is 0. The van der Waals surface area contributed by atoms with Crippen molar-refractivity contribution >= 4 is 0 Å². The van der Waals surface area contributed by atoms with Crippen LogP contribution in [0, 0.1) is 17.3 Å². The second-order valence-electron chi connectivity index (χ2n) is 6.74. The summed E-state index contributed by atoms with van der Waals surface area (Å²) in [7, 11) is 0. The summed E-state index contributed by atoms with van der Waals surface area (Å²) in [6, 6.07) is 0.495. The number of fused-ring (bicyclic) bond motifs is 1. The van der Waals surface area contributed by atoms with E-state index in [0.717, 1.165) is 11.8 Å². The molecule has 1 saturated heterocycles. The predicted molar refractivity (Wildman–Crippen MR) is 64.7 cm³/mol. The van der Waals surface area contributed by atoms with E-state index in [-0.39, 0.29) is 0 Å². The van der Waals surface area contributed by atoms with Crippen molar-refractivity contribution in [1.29, 1.82) is 0 Å². The smallest absolute Gasteiger partial charge is 0.00826 e. The van der Waals surface area contributed by atoms with E-state index in [1.54, 1.807) is 0 Å². The summed E-state index contributed by atoms with van der Waals surface area (Å²) in [5, 5.41) is 0. The Balaban J connectivity index is 1.79. The van der Waals surface area contributed by atoms with Crippen molar-refractivity contribution in [3.63, 3.8) is 0 Å². The van der Waals surface area contributed by atoms with Gasteiger partial charge in [0.1, 0.15) is 0 Å². The number of nitrogens with two attached hydrogens (primary N) is 1. The maximum Gasteiger partial charge on any atom is 0.00826 e. The summed E-state index contributed by atoms with van der Waals surface area (Å²) in [4.78, 5) is 2.64. The highest BCUT2D eigenvalue weighted by molar-refractivity contribution is 4.95. The lowest BCUT2D eigenvalue weighted by Crippen LogP contribution is -2.31. The average molecular weight is 210 g/mol. The molecule has 2 aliphatic rings. The van der Waals surface area contributed by atoms with Crippen LogP contribution in [0.4, 0.5) is 0 Å². The van der Waals surface area contributed by atoms with Crippen LogP contribution in [0.2, 0.25) is 0 Å². The van der Waals surface area contributed by atoms with E-state index in [9.17, 15) is 0 Å². The number of hydrogen-bond acceptors (Lipinski definition) is 2. The molecule has 0 aromatic heterocycles. The molecule has 88 valence electrons. The highest BCUT2D eigenvalue weighted by atomic mass is 15.2. The maximum absolute atomic E-state index is 6.14. The minimum absolute atomic E-state index is 0.472. The molecule has 2 rings (SSSR count). The lowest BCUT2D eigenvalue weighted by atomic mass is 9.92. The van der Waals surface area contributed by atoms with Gasteiger partial charge in [0, 0.05) is 19.1 Å². The van der Waals surface area contributed by atoms with Gasteiger partial charge in [-0.3, -0.25) is 0 Å². The third-order valence-electron chi connectivity index (χ3n) is 4.17. The normalized spacial score (nSPS) is 37.2. The molecule has 3 atom stereocenters. The molecule has 1 aliphatic carbocycles. The Hall–Kier alpha value is -0.0800. The fourth-order valence-electron chi connectivity index (χ4n) is 3.08. The lowest BCUT2D eigenvalue weighted by Gasteiger charge is -2.24. The fourth-order valence-corrected chi connectivity index (χ4v) is 3.08. The average Bonchev–Trinajstić information content (AvgIpc) is 2.64. The quantitative estimate of drug-likeness (QED) is 0.756. The molecule has 0 radical (unpaired) electrons. The van der Waals surface area contributed by atoms with Crippen LogP contribution in [0.5, 0.6) is 0 Å². The van der Waals surface area contributed by atoms with Gasteiger partial charge in [0.25, 0.3) is 0 Å². The first-order chi connectivity index (χ1) is 6.96. The minimum Gasteiger partial charge on any atom is -0.327 e. The van der Waals surface area contributed by atoms with Gasteiger partial charge < -0.3 is 10.6 Å². The van der Waals surface area contributed by atoms with Crippen molar-refractivity contribution in [1.82, 2.24) is 4.90 Å². The van der Waals surface area contributed by atoms with Gasteiger partial charge in [-0.2, -0.15) is 0 Å². The molecule has 2 N–H and O–H groups in total. The van der Waals surface area contributed by atoms with E-state index in [4.69, 9.17) is 5.73 Å². The summed E-state index contributed by atoms with van der Waals surface area (Å²) in [6.45, 7) is 10.8. The molecule has 2 nitrogen and oxygen atoms in total. The topological polar surface area (TPSA) is 29.3 Å². The van der Waals surface area contributed by atoms with E-state index in [1.807, 2.05) is 0 Å². The van der Waals surface area contributed by atoms with Crippen LogP contribution >= 0.6 is 0 Å². The van der Waals surface area contributed by atoms with Crippen LogP contribution in [0.25, 0.3) is 0 Å². The number of rotatable bonds is 2. The van der Waals surface area contributed by atoms with E-state index in [1.165, 1.54) is 38.9 Å². The molecule has 15 heavy (non-hydrogen) atoms. The van der Waals surface area contributed by atoms with Gasteiger partial charge in [-0.05, 0) is 43.1 Å². The zero-order chi connectivity index (χ0) is 11.1. The maximum atomic E-state index is 6.14. The zero-order valence-electron chi connectivity index (χ0n) is 10.5. The first kappa shape index (κ1) is 11.4. The summed E-state index contributed by atoms with van der Waals surface area (Å²) in [5.41, 5.74) is 6.61. The Labute approximate surface area is 94.2 Å². The van der Waals surface area contributed by atoms with Gasteiger partial charge in [-0.1, -0.05) is 20.8 Å². The van der Waals surface area contributed by atoms with Crippen LogP contribution in [0.1, 0.15) is 40.0 Å². The monoisotopic (exact) mass is 210 g/mol. The third-order valence-corrected chi connectivity index (χ3v) is 4.17. The minimum atomic E-state index is 0.472. The Bertz CT molecular complexity index is 219. The largest absolute Gasteiger partial charge is 0.327 e. The van der Waals surface area contributed by atoms with Crippen molar-refractivity contribution in [2.24, 2.45) is 23.0 Å². The van der Waals surface area contributed by atoms with Gasteiger partial charge in [0.05, 0.1) is 0 Å². The first-order valence-corrected chi connectivity index (χ1v) is 6.44. The molecule has 0 aromatic rings. The van der Waals surface area contributed by atoms with Crippen molar-refractivity contribution in [2.75, 3.05) is 19.6 Å². The number of nitrogens with zero attached hydrogens (tertiary/aromatic N) is 1. The van der Waals surface area contributed by atoms with Gasteiger partial charge in [0.15, 0.2) is 0 Å². The summed E-state index contributed by atoms with van der Waals surface area (Å²) in [6.07, 6.45) is 3.95. The van der Waals surface area contributed by atoms with Crippen molar-refractivity contribution in [3.8, 4) is 0 Å². The van der Waals surface area contributed by atoms with Gasteiger partial charge in [-0.25, -0.2) is 0 Å². The van der Waals surface area contributed by atoms with Gasteiger partial charge >= 0.3 is 0 Å². The van der Waals surface area contributed by atoms with Gasteiger partial charge in [-0.15, -0.1) is 0 Å². The van der Waals surface area contributed by atoms with Crippen molar-refractivity contribution in [3.05, 3.63) is 0 Å². The molecule has 3 unspecified atom stereocenters. The van der Waals surface area contributed by atoms with Gasteiger partial charge in [0.2, 0.25) is 0 Å². The highest BCUT2D eigenvalue weighted by Crippen LogP contribution is 2.37. The molecule has 0 spiro atoms. The molecule has 0 bridgehead atoms. The molecule has 1 saturated carbocycles. The van der Waals surface area contributed by atoms with Crippen LogP contribution in [-0.2, 0) is 0 Å². The molecule has 1 aliphatic heterocycles. The van der Waals surface area contributed by atoms with E-state index in [2.05, 4.69) is 25.7 Å². The number of likely N-dealkylation sites (tertiary alicyclic amines) is 1. The van der Waals surface area contributed by atoms with Crippen LogP contribution in [0.15, 0.2) is 0 Å². The molecule has 1 heterocycles. The van der Waals surface area contributed by atoms with Crippen LogP contribution < -0.4 is 5.73 Å². The standard InChI is InChI=1S/C13H26N2/c1-13(2,3)6-7-15-8-10-4-5-12(14)11(10)9-15/h10-12H,4-9,14H2,1-3H3. The SMILES string of the molecule is CC(C)(C)CCN1CC2CCC(N)C2C1. The Kier molecular flexibility index (Phi) is 3.09. The summed E-state index contributed by atoms with van der Waals surface area (Å²) in [5.74, 6) is 1.73. The molecule has 2 fully saturated rings. The fraction of sp³-hybridized carbons (Fsp3) is 1.00. The van der Waals surface area contributed by atoms with Crippen molar-refractivity contribution < 1.29 is 0 Å². The number of hydrogen-bond donors (Lipinski definition) is 1. The van der Waals surface area contributed by atoms with E-state index >= 15 is 0 Å². The van der Waals surface area contributed by atoms with E-state index in [0.29, 0.717) is 11.5 Å². The van der Waals surface area contributed by atoms with Crippen molar-refractivity contribution in [2.45, 2.75) is 46.1 Å². The van der Waals surface area contributed by atoms with Crippen LogP contribution in [0.3, 0.4) is 0 Å². The molecule has 0 aromatic carbocycles.